The van der Waals surface area contributed by atoms with Crippen molar-refractivity contribution < 1.29 is 14.7 Å². The standard InChI is InChI=1S/C13H23N3O3/c1-3-14-4-6-15(7-5-14)13(19)16-8-10(2)11(9-16)12(17)18/h10-11H,3-9H2,1-2H3,(H,17,18). The lowest BCUT2D eigenvalue weighted by Crippen LogP contribution is -2.52. The van der Waals surface area contributed by atoms with E-state index < -0.39 is 11.9 Å². The molecular formula is C13H23N3O3. The minimum Gasteiger partial charge on any atom is -0.481 e. The zero-order valence-electron chi connectivity index (χ0n) is 11.7. The van der Waals surface area contributed by atoms with Gasteiger partial charge >= 0.3 is 12.0 Å². The summed E-state index contributed by atoms with van der Waals surface area (Å²) >= 11 is 0. The van der Waals surface area contributed by atoms with E-state index in [1.807, 2.05) is 11.8 Å². The van der Waals surface area contributed by atoms with E-state index in [0.29, 0.717) is 13.1 Å². The predicted molar refractivity (Wildman–Crippen MR) is 70.9 cm³/mol. The maximum absolute atomic E-state index is 12.3. The van der Waals surface area contributed by atoms with Crippen LogP contribution in [0, 0.1) is 11.8 Å². The Hall–Kier alpha value is -1.30. The van der Waals surface area contributed by atoms with E-state index in [9.17, 15) is 9.59 Å². The normalized spacial score (nSPS) is 28.7. The zero-order valence-corrected chi connectivity index (χ0v) is 11.7. The third kappa shape index (κ3) is 3.00. The number of hydrogen-bond donors (Lipinski definition) is 1. The van der Waals surface area contributed by atoms with Gasteiger partial charge in [-0.05, 0) is 12.5 Å². The summed E-state index contributed by atoms with van der Waals surface area (Å²) in [7, 11) is 0. The molecule has 2 aliphatic heterocycles. The third-order valence-electron chi connectivity index (χ3n) is 4.29. The van der Waals surface area contributed by atoms with E-state index in [2.05, 4.69) is 11.8 Å². The highest BCUT2D eigenvalue weighted by Gasteiger charge is 2.38. The first-order valence-electron chi connectivity index (χ1n) is 7.02. The molecule has 0 spiro atoms. The number of nitrogens with zero attached hydrogens (tertiary/aromatic N) is 3. The van der Waals surface area contributed by atoms with Gasteiger partial charge in [-0.1, -0.05) is 13.8 Å². The summed E-state index contributed by atoms with van der Waals surface area (Å²) in [5.41, 5.74) is 0. The van der Waals surface area contributed by atoms with E-state index in [1.54, 1.807) is 4.90 Å². The number of likely N-dealkylation sites (tertiary alicyclic amines) is 1. The minimum absolute atomic E-state index is 0.00588. The summed E-state index contributed by atoms with van der Waals surface area (Å²) in [4.78, 5) is 29.3. The molecule has 6 nitrogen and oxygen atoms in total. The van der Waals surface area contributed by atoms with Gasteiger partial charge in [-0.3, -0.25) is 4.79 Å². The Bertz CT molecular complexity index is 353. The Morgan fingerprint density at radius 1 is 1.11 bits per heavy atom. The van der Waals surface area contributed by atoms with Crippen LogP contribution in [0.2, 0.25) is 0 Å². The molecule has 0 aromatic rings. The van der Waals surface area contributed by atoms with Crippen LogP contribution in [0.3, 0.4) is 0 Å². The summed E-state index contributed by atoms with van der Waals surface area (Å²) in [6, 6.07) is 0.00588. The molecule has 2 unspecified atom stereocenters. The van der Waals surface area contributed by atoms with Gasteiger partial charge in [-0.25, -0.2) is 4.79 Å². The molecule has 1 N–H and O–H groups in total. The van der Waals surface area contributed by atoms with Crippen LogP contribution in [0.5, 0.6) is 0 Å². The molecule has 2 rings (SSSR count). The van der Waals surface area contributed by atoms with E-state index in [4.69, 9.17) is 5.11 Å². The Morgan fingerprint density at radius 3 is 2.21 bits per heavy atom. The Kier molecular flexibility index (Phi) is 4.29. The lowest BCUT2D eigenvalue weighted by atomic mass is 9.99. The molecule has 2 fully saturated rings. The van der Waals surface area contributed by atoms with Crippen LogP contribution in [0.4, 0.5) is 4.79 Å². The molecule has 6 heteroatoms. The molecule has 108 valence electrons. The number of amides is 2. The molecule has 0 aliphatic carbocycles. The topological polar surface area (TPSA) is 64.1 Å². The quantitative estimate of drug-likeness (QED) is 0.788. The molecule has 2 saturated heterocycles. The van der Waals surface area contributed by atoms with Gasteiger partial charge in [0.1, 0.15) is 0 Å². The maximum Gasteiger partial charge on any atom is 0.320 e. The summed E-state index contributed by atoms with van der Waals surface area (Å²) < 4.78 is 0. The summed E-state index contributed by atoms with van der Waals surface area (Å²) in [6.45, 7) is 9.27. The van der Waals surface area contributed by atoms with Gasteiger partial charge < -0.3 is 19.8 Å². The second kappa shape index (κ2) is 5.77. The van der Waals surface area contributed by atoms with Crippen molar-refractivity contribution >= 4 is 12.0 Å². The molecule has 0 aromatic heterocycles. The van der Waals surface area contributed by atoms with E-state index >= 15 is 0 Å². The zero-order chi connectivity index (χ0) is 14.0. The summed E-state index contributed by atoms with van der Waals surface area (Å²) in [6.07, 6.45) is 0. The number of carboxylic acids is 1. The average Bonchev–Trinajstić information content (AvgIpc) is 2.80. The van der Waals surface area contributed by atoms with Crippen molar-refractivity contribution in [2.45, 2.75) is 13.8 Å². The Morgan fingerprint density at radius 2 is 1.74 bits per heavy atom. The van der Waals surface area contributed by atoms with E-state index in [-0.39, 0.29) is 11.9 Å². The first-order chi connectivity index (χ1) is 9.02. The highest BCUT2D eigenvalue weighted by molar-refractivity contribution is 5.77. The molecular weight excluding hydrogens is 246 g/mol. The number of hydrogen-bond acceptors (Lipinski definition) is 3. The average molecular weight is 269 g/mol. The lowest BCUT2D eigenvalue weighted by molar-refractivity contribution is -0.142. The first-order valence-corrected chi connectivity index (χ1v) is 7.02. The van der Waals surface area contributed by atoms with Crippen molar-refractivity contribution in [1.29, 1.82) is 0 Å². The minimum atomic E-state index is -0.793. The second-order valence-corrected chi connectivity index (χ2v) is 5.53. The van der Waals surface area contributed by atoms with Crippen molar-refractivity contribution in [2.24, 2.45) is 11.8 Å². The van der Waals surface area contributed by atoms with Crippen molar-refractivity contribution in [3.8, 4) is 0 Å². The van der Waals surface area contributed by atoms with Crippen LogP contribution in [-0.2, 0) is 4.79 Å². The number of rotatable bonds is 2. The van der Waals surface area contributed by atoms with E-state index in [0.717, 1.165) is 32.7 Å². The molecule has 2 amide bonds. The van der Waals surface area contributed by atoms with Crippen LogP contribution in [0.1, 0.15) is 13.8 Å². The monoisotopic (exact) mass is 269 g/mol. The predicted octanol–water partition coefficient (Wildman–Crippen LogP) is 0.396. The van der Waals surface area contributed by atoms with Gasteiger partial charge in [0.2, 0.25) is 0 Å². The Balaban J connectivity index is 1.89. The molecule has 0 bridgehead atoms. The number of carboxylic acid groups (broad SMARTS) is 1. The molecule has 2 heterocycles. The number of urea groups is 1. The fourth-order valence-corrected chi connectivity index (χ4v) is 2.90. The Labute approximate surface area is 114 Å². The largest absolute Gasteiger partial charge is 0.481 e. The van der Waals surface area contributed by atoms with Crippen LogP contribution < -0.4 is 0 Å². The second-order valence-electron chi connectivity index (χ2n) is 5.53. The molecule has 0 aromatic carbocycles. The van der Waals surface area contributed by atoms with Crippen LogP contribution >= 0.6 is 0 Å². The number of carbonyl (C=O) groups is 2. The smallest absolute Gasteiger partial charge is 0.320 e. The highest BCUT2D eigenvalue weighted by Crippen LogP contribution is 2.24. The van der Waals surface area contributed by atoms with Crippen molar-refractivity contribution in [1.82, 2.24) is 14.7 Å². The van der Waals surface area contributed by atoms with Gasteiger partial charge in [0, 0.05) is 39.3 Å². The van der Waals surface area contributed by atoms with Crippen molar-refractivity contribution in [3.05, 3.63) is 0 Å². The summed E-state index contributed by atoms with van der Waals surface area (Å²) in [5, 5.41) is 9.10. The van der Waals surface area contributed by atoms with Gasteiger partial charge in [0.25, 0.3) is 0 Å². The molecule has 0 radical (unpaired) electrons. The number of piperazine rings is 1. The molecule has 19 heavy (non-hydrogen) atoms. The maximum atomic E-state index is 12.3. The van der Waals surface area contributed by atoms with Gasteiger partial charge in [0.15, 0.2) is 0 Å². The van der Waals surface area contributed by atoms with Gasteiger partial charge in [0.05, 0.1) is 5.92 Å². The lowest BCUT2D eigenvalue weighted by Gasteiger charge is -2.36. The van der Waals surface area contributed by atoms with Crippen LogP contribution in [0.15, 0.2) is 0 Å². The van der Waals surface area contributed by atoms with Crippen molar-refractivity contribution in [2.75, 3.05) is 45.8 Å². The molecule has 2 aliphatic rings. The number of carbonyl (C=O) groups excluding carboxylic acids is 1. The van der Waals surface area contributed by atoms with Crippen molar-refractivity contribution in [3.63, 3.8) is 0 Å². The molecule has 0 saturated carbocycles. The van der Waals surface area contributed by atoms with Gasteiger partial charge in [-0.2, -0.15) is 0 Å². The number of aliphatic carboxylic acids is 1. The fourth-order valence-electron chi connectivity index (χ4n) is 2.90. The summed E-state index contributed by atoms with van der Waals surface area (Å²) in [5.74, 6) is -1.17. The fraction of sp³-hybridized carbons (Fsp3) is 0.846. The van der Waals surface area contributed by atoms with Crippen LogP contribution in [0.25, 0.3) is 0 Å². The number of likely N-dealkylation sites (N-methyl/N-ethyl adjacent to an activating group) is 1. The van der Waals surface area contributed by atoms with Gasteiger partial charge in [-0.15, -0.1) is 0 Å². The van der Waals surface area contributed by atoms with Crippen LogP contribution in [-0.4, -0.2) is 77.6 Å². The molecule has 2 atom stereocenters. The highest BCUT2D eigenvalue weighted by atomic mass is 16.4. The first kappa shape index (κ1) is 14.1. The van der Waals surface area contributed by atoms with E-state index in [1.165, 1.54) is 0 Å². The third-order valence-corrected chi connectivity index (χ3v) is 4.29. The SMILES string of the molecule is CCN1CCN(C(=O)N2CC(C)C(C(=O)O)C2)CC1.